The minimum Gasteiger partial charge on any atom is -0.506 e. The van der Waals surface area contributed by atoms with Crippen LogP contribution in [0.4, 0.5) is 0 Å². The van der Waals surface area contributed by atoms with Gasteiger partial charge in [0, 0.05) is 17.0 Å². The summed E-state index contributed by atoms with van der Waals surface area (Å²) in [5.41, 5.74) is 6.00. The number of aromatic hydroxyl groups is 1. The number of hydrogen-bond acceptors (Lipinski definition) is 5. The second kappa shape index (κ2) is 7.09. The van der Waals surface area contributed by atoms with Crippen molar-refractivity contribution in [3.05, 3.63) is 94.5 Å². The van der Waals surface area contributed by atoms with Gasteiger partial charge < -0.3 is 14.6 Å². The molecule has 1 aromatic heterocycles. The Kier molecular flexibility index (Phi) is 4.18. The lowest BCUT2D eigenvalue weighted by Crippen LogP contribution is -2.08. The molecular weight excluding hydrogens is 400 g/mol. The fourth-order valence-corrected chi connectivity index (χ4v) is 4.69. The molecule has 5 heteroatoms. The van der Waals surface area contributed by atoms with E-state index in [2.05, 4.69) is 35.3 Å². The average Bonchev–Trinajstić information content (AvgIpc) is 3.32. The number of nitrogens with zero attached hydrogens (tertiary/aromatic N) is 2. The zero-order chi connectivity index (χ0) is 21.8. The highest BCUT2D eigenvalue weighted by atomic mass is 16.5. The summed E-state index contributed by atoms with van der Waals surface area (Å²) >= 11 is 0. The third-order valence-corrected chi connectivity index (χ3v) is 6.07. The standard InChI is InChI=1S/C27H22N2O3/c1-15-10-19(27-28-22-14-17-5-3-4-6-21(17)26(22)32-27)13-20(11-15)31-24-8-7-18-9-16(2)12-23(30)25(18)29-24/h3-13,22,26,30H,14H2,1-2H3/t22-,26-/m0/s1. The molecule has 0 bridgehead atoms. The van der Waals surface area contributed by atoms with Crippen LogP contribution >= 0.6 is 0 Å². The van der Waals surface area contributed by atoms with Gasteiger partial charge in [0.25, 0.3) is 0 Å². The molecule has 0 spiro atoms. The normalized spacial score (nSPS) is 18.8. The van der Waals surface area contributed by atoms with Crippen LogP contribution in [0.1, 0.15) is 33.9 Å². The molecule has 0 fully saturated rings. The van der Waals surface area contributed by atoms with E-state index in [1.54, 1.807) is 6.07 Å². The molecule has 1 N–H and O–H groups in total. The van der Waals surface area contributed by atoms with Gasteiger partial charge in [-0.15, -0.1) is 0 Å². The molecule has 1 aliphatic heterocycles. The highest BCUT2D eigenvalue weighted by molar-refractivity contribution is 5.96. The van der Waals surface area contributed by atoms with Crippen LogP contribution in [-0.2, 0) is 11.2 Å². The zero-order valence-electron chi connectivity index (χ0n) is 17.9. The van der Waals surface area contributed by atoms with Gasteiger partial charge in [-0.2, -0.15) is 0 Å². The molecular formula is C27H22N2O3. The first-order valence-corrected chi connectivity index (χ1v) is 10.8. The summed E-state index contributed by atoms with van der Waals surface area (Å²) in [6, 6.07) is 21.9. The number of hydrogen-bond donors (Lipinski definition) is 1. The minimum atomic E-state index is -0.0142. The Morgan fingerprint density at radius 1 is 0.969 bits per heavy atom. The third kappa shape index (κ3) is 3.17. The molecule has 0 saturated carbocycles. The largest absolute Gasteiger partial charge is 0.506 e. The van der Waals surface area contributed by atoms with Gasteiger partial charge in [-0.05, 0) is 78.9 Å². The van der Waals surface area contributed by atoms with Crippen molar-refractivity contribution in [2.75, 3.05) is 0 Å². The van der Waals surface area contributed by atoms with Gasteiger partial charge in [-0.25, -0.2) is 9.98 Å². The lowest BCUT2D eigenvalue weighted by atomic mass is 10.1. The highest BCUT2D eigenvalue weighted by Crippen LogP contribution is 2.41. The predicted octanol–water partition coefficient (Wildman–Crippen LogP) is 5.79. The van der Waals surface area contributed by atoms with Crippen molar-refractivity contribution < 1.29 is 14.6 Å². The first-order valence-electron chi connectivity index (χ1n) is 10.8. The van der Waals surface area contributed by atoms with Crippen LogP contribution in [0.3, 0.4) is 0 Å². The molecule has 2 heterocycles. The summed E-state index contributed by atoms with van der Waals surface area (Å²) in [7, 11) is 0. The first kappa shape index (κ1) is 18.9. The predicted molar refractivity (Wildman–Crippen MR) is 124 cm³/mol. The number of pyridine rings is 1. The number of benzene rings is 3. The summed E-state index contributed by atoms with van der Waals surface area (Å²) in [5.74, 6) is 1.88. The Labute approximate surface area is 186 Å². The van der Waals surface area contributed by atoms with Crippen molar-refractivity contribution in [2.45, 2.75) is 32.4 Å². The average molecular weight is 422 g/mol. The second-order valence-corrected chi connectivity index (χ2v) is 8.59. The van der Waals surface area contributed by atoms with Gasteiger partial charge in [0.2, 0.25) is 11.8 Å². The van der Waals surface area contributed by atoms with Crippen LogP contribution in [0.25, 0.3) is 10.9 Å². The second-order valence-electron chi connectivity index (χ2n) is 8.59. The van der Waals surface area contributed by atoms with Gasteiger partial charge >= 0.3 is 0 Å². The van der Waals surface area contributed by atoms with E-state index >= 15 is 0 Å². The van der Waals surface area contributed by atoms with Crippen molar-refractivity contribution in [2.24, 2.45) is 4.99 Å². The van der Waals surface area contributed by atoms with Crippen molar-refractivity contribution in [3.63, 3.8) is 0 Å². The van der Waals surface area contributed by atoms with E-state index in [1.165, 1.54) is 11.1 Å². The summed E-state index contributed by atoms with van der Waals surface area (Å²) in [6.45, 7) is 3.96. The molecule has 32 heavy (non-hydrogen) atoms. The lowest BCUT2D eigenvalue weighted by Gasteiger charge is -2.13. The van der Waals surface area contributed by atoms with E-state index in [0.717, 1.165) is 28.5 Å². The number of aromatic nitrogens is 1. The smallest absolute Gasteiger partial charge is 0.219 e. The summed E-state index contributed by atoms with van der Waals surface area (Å²) in [4.78, 5) is 9.38. The molecule has 158 valence electrons. The van der Waals surface area contributed by atoms with Crippen LogP contribution < -0.4 is 4.74 Å². The summed E-state index contributed by atoms with van der Waals surface area (Å²) in [6.07, 6.45) is 0.892. The van der Waals surface area contributed by atoms with E-state index in [9.17, 15) is 5.11 Å². The molecule has 2 aliphatic rings. The molecule has 1 aliphatic carbocycles. The lowest BCUT2D eigenvalue weighted by molar-refractivity contribution is 0.209. The van der Waals surface area contributed by atoms with E-state index in [1.807, 2.05) is 44.2 Å². The van der Waals surface area contributed by atoms with E-state index in [4.69, 9.17) is 14.5 Å². The molecule has 6 rings (SSSR count). The van der Waals surface area contributed by atoms with Crippen LogP contribution in [0, 0.1) is 13.8 Å². The molecule has 0 saturated heterocycles. The van der Waals surface area contributed by atoms with Crippen LogP contribution in [-0.4, -0.2) is 22.0 Å². The fraction of sp³-hybridized carbons (Fsp3) is 0.185. The van der Waals surface area contributed by atoms with E-state index in [0.29, 0.717) is 23.0 Å². The molecule has 4 aromatic rings. The summed E-state index contributed by atoms with van der Waals surface area (Å²) in [5, 5.41) is 11.1. The van der Waals surface area contributed by atoms with Gasteiger partial charge in [-0.1, -0.05) is 24.3 Å². The first-order chi connectivity index (χ1) is 15.5. The Morgan fingerprint density at radius 3 is 2.72 bits per heavy atom. The number of ether oxygens (including phenoxy) is 2. The third-order valence-electron chi connectivity index (χ3n) is 6.07. The van der Waals surface area contributed by atoms with E-state index in [-0.39, 0.29) is 17.9 Å². The molecule has 3 aromatic carbocycles. The summed E-state index contributed by atoms with van der Waals surface area (Å²) < 4.78 is 12.4. The number of aliphatic imine (C=N–C) groups is 1. The van der Waals surface area contributed by atoms with Crippen molar-refractivity contribution in [3.8, 4) is 17.4 Å². The highest BCUT2D eigenvalue weighted by Gasteiger charge is 2.39. The SMILES string of the molecule is Cc1cc(Oc2ccc3cc(C)cc(O)c3n2)cc(C2=N[C@H]3Cc4ccccc4[C@@H]3O2)c1. The van der Waals surface area contributed by atoms with Gasteiger partial charge in [-0.3, -0.25) is 0 Å². The van der Waals surface area contributed by atoms with Gasteiger partial charge in [0.15, 0.2) is 0 Å². The molecule has 0 radical (unpaired) electrons. The van der Waals surface area contributed by atoms with E-state index < -0.39 is 0 Å². The number of phenols is 1. The maximum absolute atomic E-state index is 10.3. The number of aryl methyl sites for hydroxylation is 2. The number of phenolic OH excluding ortho intramolecular Hbond substituents is 1. The molecule has 0 unspecified atom stereocenters. The zero-order valence-corrected chi connectivity index (χ0v) is 17.9. The fourth-order valence-electron chi connectivity index (χ4n) is 4.69. The quantitative estimate of drug-likeness (QED) is 0.454. The molecule has 0 amide bonds. The Hall–Kier alpha value is -3.86. The van der Waals surface area contributed by atoms with Gasteiger partial charge in [0.1, 0.15) is 23.1 Å². The monoisotopic (exact) mass is 422 g/mol. The number of fused-ring (bicyclic) bond motifs is 4. The van der Waals surface area contributed by atoms with Crippen LogP contribution in [0.5, 0.6) is 17.4 Å². The van der Waals surface area contributed by atoms with Crippen molar-refractivity contribution in [1.82, 2.24) is 4.98 Å². The Balaban J connectivity index is 1.29. The Morgan fingerprint density at radius 2 is 1.81 bits per heavy atom. The Bertz CT molecular complexity index is 1410. The van der Waals surface area contributed by atoms with Crippen LogP contribution in [0.2, 0.25) is 0 Å². The van der Waals surface area contributed by atoms with Gasteiger partial charge in [0.05, 0.1) is 6.04 Å². The van der Waals surface area contributed by atoms with Crippen LogP contribution in [0.15, 0.2) is 71.7 Å². The maximum atomic E-state index is 10.3. The van der Waals surface area contributed by atoms with Crippen molar-refractivity contribution in [1.29, 1.82) is 0 Å². The molecule has 5 nitrogen and oxygen atoms in total. The topological polar surface area (TPSA) is 63.9 Å². The number of rotatable bonds is 3. The molecule has 2 atom stereocenters. The minimum absolute atomic E-state index is 0.0142. The van der Waals surface area contributed by atoms with Crippen molar-refractivity contribution >= 4 is 16.8 Å². The maximum Gasteiger partial charge on any atom is 0.219 e.